The number of ether oxygens (including phenoxy) is 6. The van der Waals surface area contributed by atoms with Crippen molar-refractivity contribution in [1.29, 1.82) is 0 Å². The molecule has 2 aliphatic heterocycles. The van der Waals surface area contributed by atoms with Gasteiger partial charge in [0.15, 0.2) is 0 Å². The highest BCUT2D eigenvalue weighted by molar-refractivity contribution is 5.80. The maximum Gasteiger partial charge on any atom is 0.509 e. The molecule has 2 aliphatic rings. The minimum atomic E-state index is -1.08. The van der Waals surface area contributed by atoms with Crippen molar-refractivity contribution in [3.05, 3.63) is 0 Å². The lowest BCUT2D eigenvalue weighted by molar-refractivity contribution is -0.159. The van der Waals surface area contributed by atoms with E-state index < -0.39 is 42.6 Å². The van der Waals surface area contributed by atoms with Crippen LogP contribution in [0.4, 0.5) is 9.59 Å². The highest BCUT2D eigenvalue weighted by Crippen LogP contribution is 2.11. The second kappa shape index (κ2) is 6.96. The Labute approximate surface area is 124 Å². The van der Waals surface area contributed by atoms with E-state index in [-0.39, 0.29) is 26.2 Å². The lowest BCUT2D eigenvalue weighted by Crippen LogP contribution is -2.30. The van der Waals surface area contributed by atoms with Gasteiger partial charge in [-0.15, -0.1) is 0 Å². The van der Waals surface area contributed by atoms with Crippen LogP contribution in [0.15, 0.2) is 0 Å². The van der Waals surface area contributed by atoms with Crippen molar-refractivity contribution in [2.45, 2.75) is 31.7 Å². The summed E-state index contributed by atoms with van der Waals surface area (Å²) in [5, 5.41) is 0. The number of esters is 2. The molecule has 0 amide bonds. The number of carbonyl (C=O) groups excluding carboxylic acids is 4. The average molecular weight is 318 g/mol. The summed E-state index contributed by atoms with van der Waals surface area (Å²) < 4.78 is 27.9. The van der Waals surface area contributed by atoms with Crippen molar-refractivity contribution >= 4 is 24.2 Å². The van der Waals surface area contributed by atoms with Crippen LogP contribution < -0.4 is 0 Å². The van der Waals surface area contributed by atoms with Gasteiger partial charge in [0.1, 0.15) is 19.3 Å². The number of cyclic esters (lactones) is 4. The minimum Gasteiger partial charge on any atom is -0.463 e. The van der Waals surface area contributed by atoms with E-state index >= 15 is 0 Å². The van der Waals surface area contributed by atoms with Gasteiger partial charge in [0.25, 0.3) is 0 Å². The van der Waals surface area contributed by atoms with Gasteiger partial charge in [-0.3, -0.25) is 0 Å². The summed E-state index contributed by atoms with van der Waals surface area (Å²) in [5.74, 6) is -1.47. The van der Waals surface area contributed by atoms with E-state index in [1.165, 1.54) is 0 Å². The summed E-state index contributed by atoms with van der Waals surface area (Å²) in [6.45, 7) is 1.17. The molecule has 2 heterocycles. The Kier molecular flexibility index (Phi) is 5.02. The second-order valence-corrected chi connectivity index (χ2v) is 4.54. The smallest absolute Gasteiger partial charge is 0.463 e. The largest absolute Gasteiger partial charge is 0.509 e. The standard InChI is InChI=1S/C12H14O10/c1-6(20-10(14)8-5-19-12(16)22-8)2-3-17-9(13)7-4-18-11(15)21-7/h6-8H,2-5H2,1H3. The van der Waals surface area contributed by atoms with E-state index in [4.69, 9.17) is 9.47 Å². The molecule has 0 saturated carbocycles. The van der Waals surface area contributed by atoms with Crippen molar-refractivity contribution in [3.63, 3.8) is 0 Å². The van der Waals surface area contributed by atoms with Crippen molar-refractivity contribution in [2.24, 2.45) is 0 Å². The average Bonchev–Trinajstić information content (AvgIpc) is 3.07. The highest BCUT2D eigenvalue weighted by atomic mass is 16.8. The van der Waals surface area contributed by atoms with Gasteiger partial charge in [-0.2, -0.15) is 0 Å². The fourth-order valence-corrected chi connectivity index (χ4v) is 1.64. The van der Waals surface area contributed by atoms with Gasteiger partial charge in [-0.25, -0.2) is 19.2 Å². The Morgan fingerprint density at radius 2 is 1.64 bits per heavy atom. The maximum absolute atomic E-state index is 11.6. The molecular formula is C12H14O10. The van der Waals surface area contributed by atoms with E-state index in [1.54, 1.807) is 6.92 Å². The first-order valence-corrected chi connectivity index (χ1v) is 6.49. The minimum absolute atomic E-state index is 0.0394. The molecule has 10 nitrogen and oxygen atoms in total. The van der Waals surface area contributed by atoms with Gasteiger partial charge in [-0.1, -0.05) is 0 Å². The summed E-state index contributed by atoms with van der Waals surface area (Å²) >= 11 is 0. The first kappa shape index (κ1) is 15.9. The van der Waals surface area contributed by atoms with Crippen LogP contribution in [0.5, 0.6) is 0 Å². The van der Waals surface area contributed by atoms with Gasteiger partial charge < -0.3 is 28.4 Å². The molecule has 0 radical (unpaired) electrons. The topological polar surface area (TPSA) is 124 Å². The van der Waals surface area contributed by atoms with Gasteiger partial charge in [0.2, 0.25) is 12.2 Å². The monoisotopic (exact) mass is 318 g/mol. The summed E-state index contributed by atoms with van der Waals surface area (Å²) in [4.78, 5) is 44.4. The maximum atomic E-state index is 11.6. The van der Waals surface area contributed by atoms with Crippen LogP contribution in [0.1, 0.15) is 13.3 Å². The van der Waals surface area contributed by atoms with Crippen molar-refractivity contribution < 1.29 is 47.6 Å². The van der Waals surface area contributed by atoms with Crippen molar-refractivity contribution in [3.8, 4) is 0 Å². The van der Waals surface area contributed by atoms with Crippen molar-refractivity contribution in [2.75, 3.05) is 19.8 Å². The van der Waals surface area contributed by atoms with E-state index in [1.807, 2.05) is 0 Å². The Morgan fingerprint density at radius 3 is 2.14 bits per heavy atom. The lowest BCUT2D eigenvalue weighted by Gasteiger charge is -2.15. The van der Waals surface area contributed by atoms with Crippen molar-refractivity contribution in [1.82, 2.24) is 0 Å². The van der Waals surface area contributed by atoms with E-state index in [0.717, 1.165) is 0 Å². The third-order valence-corrected chi connectivity index (χ3v) is 2.79. The Morgan fingerprint density at radius 1 is 1.09 bits per heavy atom. The molecule has 3 atom stereocenters. The molecule has 0 spiro atoms. The van der Waals surface area contributed by atoms with Crippen LogP contribution in [0.2, 0.25) is 0 Å². The lowest BCUT2D eigenvalue weighted by atomic mass is 10.3. The van der Waals surface area contributed by atoms with Crippen LogP contribution in [-0.2, 0) is 38.0 Å². The van der Waals surface area contributed by atoms with E-state index in [0.29, 0.717) is 0 Å². The molecule has 0 aromatic rings. The third-order valence-electron chi connectivity index (χ3n) is 2.79. The summed E-state index contributed by atoms with van der Waals surface area (Å²) in [5.41, 5.74) is 0. The van der Waals surface area contributed by atoms with Crippen LogP contribution in [-0.4, -0.2) is 62.4 Å². The molecule has 10 heteroatoms. The molecule has 0 N–H and O–H groups in total. The zero-order chi connectivity index (χ0) is 16.1. The van der Waals surface area contributed by atoms with Gasteiger partial charge in [0.05, 0.1) is 6.61 Å². The zero-order valence-corrected chi connectivity index (χ0v) is 11.6. The Balaban J connectivity index is 1.62. The van der Waals surface area contributed by atoms with E-state index in [2.05, 4.69) is 18.9 Å². The third kappa shape index (κ3) is 4.24. The molecule has 122 valence electrons. The molecule has 2 rings (SSSR count). The highest BCUT2D eigenvalue weighted by Gasteiger charge is 2.34. The first-order chi connectivity index (χ1) is 10.5. The normalized spacial score (nSPS) is 24.6. The molecule has 2 fully saturated rings. The quantitative estimate of drug-likeness (QED) is 0.485. The predicted molar refractivity (Wildman–Crippen MR) is 63.6 cm³/mol. The predicted octanol–water partition coefficient (Wildman–Crippen LogP) is -0.0778. The molecule has 3 unspecified atom stereocenters. The van der Waals surface area contributed by atoms with Crippen LogP contribution in [0.25, 0.3) is 0 Å². The van der Waals surface area contributed by atoms with Gasteiger partial charge in [-0.05, 0) is 6.92 Å². The molecule has 0 aromatic carbocycles. The molecule has 22 heavy (non-hydrogen) atoms. The summed E-state index contributed by atoms with van der Waals surface area (Å²) in [6.07, 6.45) is -4.33. The zero-order valence-electron chi connectivity index (χ0n) is 11.6. The molecule has 0 bridgehead atoms. The number of carbonyl (C=O) groups is 4. The summed E-state index contributed by atoms with van der Waals surface area (Å²) in [7, 11) is 0. The van der Waals surface area contributed by atoms with Crippen LogP contribution >= 0.6 is 0 Å². The fraction of sp³-hybridized carbons (Fsp3) is 0.667. The second-order valence-electron chi connectivity index (χ2n) is 4.54. The molecule has 0 aromatic heterocycles. The number of hydrogen-bond donors (Lipinski definition) is 0. The SMILES string of the molecule is CC(CCOC(=O)C1COC(=O)O1)OC(=O)C1COC(=O)O1. The first-order valence-electron chi connectivity index (χ1n) is 6.49. The summed E-state index contributed by atoms with van der Waals surface area (Å²) in [6, 6.07) is 0. The molecule has 2 saturated heterocycles. The van der Waals surface area contributed by atoms with Gasteiger partial charge in [0, 0.05) is 6.42 Å². The number of hydrogen-bond acceptors (Lipinski definition) is 10. The molecule has 0 aliphatic carbocycles. The Bertz CT molecular complexity index is 473. The fourth-order valence-electron chi connectivity index (χ4n) is 1.64. The van der Waals surface area contributed by atoms with E-state index in [9.17, 15) is 19.2 Å². The molecular weight excluding hydrogens is 304 g/mol. The van der Waals surface area contributed by atoms with Crippen LogP contribution in [0.3, 0.4) is 0 Å². The van der Waals surface area contributed by atoms with Crippen LogP contribution in [0, 0.1) is 0 Å². The van der Waals surface area contributed by atoms with Gasteiger partial charge >= 0.3 is 24.2 Å². The number of rotatable bonds is 6. The Hall–Kier alpha value is -2.52.